The van der Waals surface area contributed by atoms with Gasteiger partial charge in [0.15, 0.2) is 0 Å². The summed E-state index contributed by atoms with van der Waals surface area (Å²) in [5.74, 6) is 0.577. The highest BCUT2D eigenvalue weighted by Gasteiger charge is 2.47. The molecule has 0 spiro atoms. The fraction of sp³-hybridized carbons (Fsp3) is 0.647. The summed E-state index contributed by atoms with van der Waals surface area (Å²) >= 11 is 0. The first kappa shape index (κ1) is 19.7. The molecule has 4 rings (SSSR count). The highest BCUT2D eigenvalue weighted by molar-refractivity contribution is 5.47. The molecule has 2 aliphatic heterocycles. The number of alkyl halides is 3. The van der Waals surface area contributed by atoms with E-state index in [1.807, 2.05) is 11.8 Å². The molecule has 0 aromatic carbocycles. The van der Waals surface area contributed by atoms with Crippen LogP contribution in [0.5, 0.6) is 0 Å². The first-order valence-corrected chi connectivity index (χ1v) is 9.32. The lowest BCUT2D eigenvalue weighted by Gasteiger charge is -2.39. The molecular weight excluding hydrogens is 393 g/mol. The van der Waals surface area contributed by atoms with Gasteiger partial charge in [0.25, 0.3) is 5.56 Å². The Labute approximate surface area is 164 Å². The Balaban J connectivity index is 1.78. The van der Waals surface area contributed by atoms with Gasteiger partial charge in [-0.25, -0.2) is 0 Å². The van der Waals surface area contributed by atoms with Gasteiger partial charge in [-0.05, 0) is 13.3 Å². The lowest BCUT2D eigenvalue weighted by Crippen LogP contribution is -2.52. The van der Waals surface area contributed by atoms with Gasteiger partial charge in [-0.3, -0.25) is 9.36 Å². The Kier molecular flexibility index (Phi) is 4.97. The van der Waals surface area contributed by atoms with Gasteiger partial charge >= 0.3 is 6.18 Å². The van der Waals surface area contributed by atoms with Crippen LogP contribution >= 0.6 is 0 Å². The first-order chi connectivity index (χ1) is 13.7. The number of rotatable bonds is 3. The van der Waals surface area contributed by atoms with E-state index in [0.29, 0.717) is 25.6 Å². The van der Waals surface area contributed by atoms with E-state index in [2.05, 4.69) is 15.2 Å². The molecule has 2 unspecified atom stereocenters. The molecule has 1 fully saturated rings. The van der Waals surface area contributed by atoms with Crippen molar-refractivity contribution in [2.75, 3.05) is 29.6 Å². The van der Waals surface area contributed by atoms with Gasteiger partial charge in [0, 0.05) is 26.1 Å². The molecule has 0 radical (unpaired) electrons. The van der Waals surface area contributed by atoms with E-state index in [0.717, 1.165) is 4.90 Å². The monoisotopic (exact) mass is 414 g/mol. The molecule has 9 nitrogen and oxygen atoms in total. The predicted molar refractivity (Wildman–Crippen MR) is 95.8 cm³/mol. The number of anilines is 2. The summed E-state index contributed by atoms with van der Waals surface area (Å²) in [5.41, 5.74) is -0.393. The quantitative estimate of drug-likeness (QED) is 0.747. The zero-order valence-corrected chi connectivity index (χ0v) is 16.0. The summed E-state index contributed by atoms with van der Waals surface area (Å²) in [6.07, 6.45) is -4.77. The number of hydrogen-bond donors (Lipinski definition) is 0. The van der Waals surface area contributed by atoms with Gasteiger partial charge in [0.2, 0.25) is 17.7 Å². The van der Waals surface area contributed by atoms with Crippen LogP contribution in [0.4, 0.5) is 24.9 Å². The van der Waals surface area contributed by atoms with Crippen molar-refractivity contribution in [3.8, 4) is 0 Å². The molecule has 2 aromatic rings. The number of morpholine rings is 1. The highest BCUT2D eigenvalue weighted by atomic mass is 19.4. The molecule has 158 valence electrons. The van der Waals surface area contributed by atoms with Crippen LogP contribution in [0, 0.1) is 6.92 Å². The minimum Gasteiger partial charge on any atom is -0.424 e. The second kappa shape index (κ2) is 7.32. The first-order valence-electron chi connectivity index (χ1n) is 9.32. The minimum atomic E-state index is -4.50. The summed E-state index contributed by atoms with van der Waals surface area (Å²) in [7, 11) is 0. The van der Waals surface area contributed by atoms with E-state index in [-0.39, 0.29) is 43.3 Å². The molecule has 0 saturated carbocycles. The van der Waals surface area contributed by atoms with E-state index in [1.54, 1.807) is 6.92 Å². The Morgan fingerprint density at radius 2 is 2.07 bits per heavy atom. The molecule has 0 aliphatic carbocycles. The van der Waals surface area contributed by atoms with E-state index < -0.39 is 17.8 Å². The zero-order valence-electron chi connectivity index (χ0n) is 16.0. The average molecular weight is 414 g/mol. The van der Waals surface area contributed by atoms with Crippen molar-refractivity contribution < 1.29 is 22.3 Å². The second-order valence-electron chi connectivity index (χ2n) is 7.21. The third-order valence-electron chi connectivity index (χ3n) is 5.15. The maximum absolute atomic E-state index is 13.8. The fourth-order valence-corrected chi connectivity index (χ4v) is 3.74. The molecule has 0 N–H and O–H groups in total. The van der Waals surface area contributed by atoms with Crippen molar-refractivity contribution in [2.45, 2.75) is 51.6 Å². The number of fused-ring (bicyclic) bond motifs is 1. The van der Waals surface area contributed by atoms with Crippen LogP contribution in [0.25, 0.3) is 0 Å². The molecule has 0 amide bonds. The van der Waals surface area contributed by atoms with Crippen molar-refractivity contribution in [1.82, 2.24) is 19.7 Å². The fourth-order valence-electron chi connectivity index (χ4n) is 3.74. The molecule has 0 bridgehead atoms. The van der Waals surface area contributed by atoms with E-state index in [4.69, 9.17) is 9.15 Å². The Morgan fingerprint density at radius 1 is 1.28 bits per heavy atom. The van der Waals surface area contributed by atoms with Gasteiger partial charge in [0.05, 0.1) is 25.8 Å². The third-order valence-corrected chi connectivity index (χ3v) is 5.15. The third kappa shape index (κ3) is 3.80. The molecule has 1 saturated heterocycles. The van der Waals surface area contributed by atoms with Crippen LogP contribution < -0.4 is 15.4 Å². The van der Waals surface area contributed by atoms with Crippen LogP contribution in [-0.4, -0.2) is 57.8 Å². The van der Waals surface area contributed by atoms with Crippen molar-refractivity contribution >= 4 is 11.8 Å². The van der Waals surface area contributed by atoms with Crippen LogP contribution in [0.3, 0.4) is 0 Å². The summed E-state index contributed by atoms with van der Waals surface area (Å²) in [6.45, 7) is 4.53. The topological polar surface area (TPSA) is 89.5 Å². The van der Waals surface area contributed by atoms with Gasteiger partial charge in [0.1, 0.15) is 11.9 Å². The average Bonchev–Trinajstić information content (AvgIpc) is 3.06. The maximum Gasteiger partial charge on any atom is 0.408 e. The molecule has 29 heavy (non-hydrogen) atoms. The van der Waals surface area contributed by atoms with Gasteiger partial charge in [-0.15, -0.1) is 10.2 Å². The van der Waals surface area contributed by atoms with Crippen LogP contribution in [0.15, 0.2) is 15.3 Å². The lowest BCUT2D eigenvalue weighted by molar-refractivity contribution is -0.153. The Bertz CT molecular complexity index is 943. The van der Waals surface area contributed by atoms with Crippen LogP contribution in [0.1, 0.15) is 25.1 Å². The van der Waals surface area contributed by atoms with Gasteiger partial charge in [-0.2, -0.15) is 18.2 Å². The largest absolute Gasteiger partial charge is 0.424 e. The maximum atomic E-state index is 13.8. The van der Waals surface area contributed by atoms with Crippen LogP contribution in [-0.2, 0) is 17.8 Å². The van der Waals surface area contributed by atoms with Crippen molar-refractivity contribution in [3.63, 3.8) is 0 Å². The molecule has 2 atom stereocenters. The van der Waals surface area contributed by atoms with Crippen molar-refractivity contribution in [2.24, 2.45) is 0 Å². The number of aryl methyl sites for hydroxylation is 1. The van der Waals surface area contributed by atoms with Gasteiger partial charge in [-0.1, -0.05) is 0 Å². The van der Waals surface area contributed by atoms with Crippen molar-refractivity contribution in [1.29, 1.82) is 0 Å². The molecule has 2 aromatic heterocycles. The minimum absolute atomic E-state index is 0.0320. The number of nitrogens with zero attached hydrogens (tertiary/aromatic N) is 6. The lowest BCUT2D eigenvalue weighted by atomic mass is 10.1. The SMILES string of the molecule is Cc1nnc(CN2c3nc(N4CCOCC4C)cc(=O)n3CCC2C(F)(F)F)o1. The molecule has 12 heteroatoms. The van der Waals surface area contributed by atoms with E-state index in [1.165, 1.54) is 10.6 Å². The summed E-state index contributed by atoms with van der Waals surface area (Å²) < 4.78 is 53.2. The standard InChI is InChI=1S/C17H21F3N6O3/c1-10-9-28-6-5-24(10)13-7-15(27)25-4-3-12(17(18,19)20)26(16(25)21-13)8-14-23-22-11(2)29-14/h7,10,12H,3-6,8-9H2,1-2H3. The molecule has 4 heterocycles. The predicted octanol–water partition coefficient (Wildman–Crippen LogP) is 1.50. The number of halogens is 3. The smallest absolute Gasteiger partial charge is 0.408 e. The number of hydrogen-bond acceptors (Lipinski definition) is 8. The number of aromatic nitrogens is 4. The van der Waals surface area contributed by atoms with Gasteiger partial charge < -0.3 is 19.0 Å². The highest BCUT2D eigenvalue weighted by Crippen LogP contribution is 2.35. The molecular formula is C17H21F3N6O3. The summed E-state index contributed by atoms with van der Waals surface area (Å²) in [6, 6.07) is -0.486. The second-order valence-corrected chi connectivity index (χ2v) is 7.21. The molecule has 2 aliphatic rings. The Hall–Kier alpha value is -2.63. The van der Waals surface area contributed by atoms with Crippen molar-refractivity contribution in [3.05, 3.63) is 28.2 Å². The van der Waals surface area contributed by atoms with Crippen LogP contribution in [0.2, 0.25) is 0 Å². The Morgan fingerprint density at radius 3 is 2.72 bits per heavy atom. The summed E-state index contributed by atoms with van der Waals surface area (Å²) in [4.78, 5) is 20.1. The normalized spacial score (nSPS) is 22.7. The summed E-state index contributed by atoms with van der Waals surface area (Å²) in [5, 5.41) is 7.49. The number of ether oxygens (including phenoxy) is 1. The van der Waals surface area contributed by atoms with E-state index in [9.17, 15) is 18.0 Å². The zero-order chi connectivity index (χ0) is 20.8. The van der Waals surface area contributed by atoms with E-state index >= 15 is 0 Å².